The fourth-order valence-corrected chi connectivity index (χ4v) is 7.50. The van der Waals surface area contributed by atoms with Crippen LogP contribution in [0.15, 0.2) is 85.3 Å². The number of ether oxygens (including phenoxy) is 4. The van der Waals surface area contributed by atoms with Gasteiger partial charge in [-0.15, -0.1) is 0 Å². The van der Waals surface area contributed by atoms with Gasteiger partial charge in [0, 0.05) is 60.9 Å². The summed E-state index contributed by atoms with van der Waals surface area (Å²) in [5.74, 6) is -0.605. The van der Waals surface area contributed by atoms with Crippen molar-refractivity contribution in [2.24, 2.45) is 0 Å². The minimum absolute atomic E-state index is 0.0819. The Labute approximate surface area is 395 Å². The van der Waals surface area contributed by atoms with Gasteiger partial charge < -0.3 is 44.7 Å². The monoisotopic (exact) mass is 932 g/mol. The molecule has 6 rings (SSSR count). The van der Waals surface area contributed by atoms with Crippen molar-refractivity contribution >= 4 is 52.6 Å². The Morgan fingerprint density at radius 2 is 1.60 bits per heavy atom. The summed E-state index contributed by atoms with van der Waals surface area (Å²) in [5.41, 5.74) is 4.10. The zero-order valence-corrected chi connectivity index (χ0v) is 38.5. The van der Waals surface area contributed by atoms with Crippen molar-refractivity contribution in [3.63, 3.8) is 0 Å². The highest BCUT2D eigenvalue weighted by Crippen LogP contribution is 2.32. The zero-order chi connectivity index (χ0) is 48.3. The maximum Gasteiger partial charge on any atom is 0.255 e. The van der Waals surface area contributed by atoms with E-state index >= 15 is 0 Å². The molecule has 1 aromatic heterocycles. The third kappa shape index (κ3) is 14.7. The van der Waals surface area contributed by atoms with Crippen molar-refractivity contribution in [3.05, 3.63) is 113 Å². The van der Waals surface area contributed by atoms with Crippen LogP contribution < -0.4 is 26.0 Å². The molecule has 2 atom stereocenters. The number of aromatic nitrogens is 2. The van der Waals surface area contributed by atoms with Gasteiger partial charge in [0.05, 0.1) is 58.6 Å². The molecule has 0 spiro atoms. The number of carbonyl (C=O) groups is 5. The predicted molar refractivity (Wildman–Crippen MR) is 254 cm³/mol. The smallest absolute Gasteiger partial charge is 0.255 e. The number of anilines is 2. The highest BCUT2D eigenvalue weighted by Gasteiger charge is 2.40. The van der Waals surface area contributed by atoms with Crippen LogP contribution in [0.4, 0.5) is 11.4 Å². The molecule has 3 heterocycles. The minimum Gasteiger partial charge on any atom is -0.494 e. The van der Waals surface area contributed by atoms with E-state index in [1.54, 1.807) is 55.7 Å². The van der Waals surface area contributed by atoms with Crippen LogP contribution in [0.3, 0.4) is 0 Å². The number of unbranched alkanes of at least 4 members (excludes halogenated alkanes) is 3. The summed E-state index contributed by atoms with van der Waals surface area (Å²) >= 11 is 0. The van der Waals surface area contributed by atoms with Crippen molar-refractivity contribution in [3.8, 4) is 5.75 Å². The van der Waals surface area contributed by atoms with Gasteiger partial charge in [0.25, 0.3) is 11.8 Å². The van der Waals surface area contributed by atoms with Gasteiger partial charge in [-0.05, 0) is 86.7 Å². The lowest BCUT2D eigenvalue weighted by atomic mass is 10.0. The first-order chi connectivity index (χ1) is 33.0. The second-order valence-electron chi connectivity index (χ2n) is 16.3. The molecular weight excluding hydrogens is 873 g/mol. The SMILES string of the molecule is C[C@@H](NC(=O)c1cccc(NCC(=N)N(C)C(=N)c2ccncn2)c1)c1ccc(OCCCCCCOCCOCCOCCC(=O)Nc2cccc3c2CN(C2CCC(=O)NC2=O)C3=O)cc1. The van der Waals surface area contributed by atoms with Crippen LogP contribution in [-0.4, -0.2) is 127 Å². The van der Waals surface area contributed by atoms with Gasteiger partial charge in [0.15, 0.2) is 5.84 Å². The van der Waals surface area contributed by atoms with Crippen LogP contribution in [-0.2, 0) is 35.1 Å². The van der Waals surface area contributed by atoms with Crippen LogP contribution in [0.5, 0.6) is 5.75 Å². The van der Waals surface area contributed by atoms with Gasteiger partial charge in [-0.1, -0.05) is 30.7 Å². The fourth-order valence-electron chi connectivity index (χ4n) is 7.50. The molecule has 5 amide bonds. The lowest BCUT2D eigenvalue weighted by Gasteiger charge is -2.29. The number of benzene rings is 3. The Bertz CT molecular complexity index is 2380. The van der Waals surface area contributed by atoms with Crippen LogP contribution in [0.1, 0.15) is 95.4 Å². The number of amidine groups is 2. The second-order valence-corrected chi connectivity index (χ2v) is 16.3. The molecule has 0 bridgehead atoms. The molecule has 6 N–H and O–H groups in total. The number of rotatable bonds is 26. The molecule has 360 valence electrons. The van der Waals surface area contributed by atoms with E-state index in [2.05, 4.69) is 31.2 Å². The lowest BCUT2D eigenvalue weighted by molar-refractivity contribution is -0.137. The number of imide groups is 1. The summed E-state index contributed by atoms with van der Waals surface area (Å²) in [6.07, 6.45) is 7.34. The van der Waals surface area contributed by atoms with Crippen LogP contribution in [0, 0.1) is 10.8 Å². The molecule has 19 nitrogen and oxygen atoms in total. The molecule has 1 saturated heterocycles. The van der Waals surface area contributed by atoms with Gasteiger partial charge in [-0.25, -0.2) is 9.97 Å². The summed E-state index contributed by atoms with van der Waals surface area (Å²) < 4.78 is 22.8. The van der Waals surface area contributed by atoms with E-state index in [4.69, 9.17) is 29.8 Å². The van der Waals surface area contributed by atoms with E-state index in [1.807, 2.05) is 37.3 Å². The number of nitrogens with one attached hydrogen (secondary N) is 6. The largest absolute Gasteiger partial charge is 0.494 e. The third-order valence-corrected chi connectivity index (χ3v) is 11.4. The van der Waals surface area contributed by atoms with E-state index in [9.17, 15) is 24.0 Å². The number of hydrogen-bond acceptors (Lipinski definition) is 14. The molecule has 0 saturated carbocycles. The molecule has 1 fully saturated rings. The Kier molecular flexibility index (Phi) is 19.0. The van der Waals surface area contributed by atoms with Gasteiger partial charge in [-0.3, -0.25) is 40.1 Å². The number of amides is 5. The summed E-state index contributed by atoms with van der Waals surface area (Å²) in [4.78, 5) is 73.5. The van der Waals surface area contributed by atoms with Crippen molar-refractivity contribution in [2.75, 3.05) is 70.5 Å². The molecule has 1 unspecified atom stereocenters. The van der Waals surface area contributed by atoms with Gasteiger partial charge in [0.1, 0.15) is 29.6 Å². The quantitative estimate of drug-likeness (QED) is 0.0208. The predicted octanol–water partition coefficient (Wildman–Crippen LogP) is 5.09. The van der Waals surface area contributed by atoms with E-state index in [0.717, 1.165) is 37.0 Å². The Morgan fingerprint density at radius 3 is 2.34 bits per heavy atom. The summed E-state index contributed by atoms with van der Waals surface area (Å²) in [5, 5.41) is 28.1. The minimum atomic E-state index is -0.726. The first-order valence-corrected chi connectivity index (χ1v) is 22.8. The van der Waals surface area contributed by atoms with Crippen LogP contribution in [0.2, 0.25) is 0 Å². The third-order valence-electron chi connectivity index (χ3n) is 11.4. The molecule has 4 aromatic rings. The normalized spacial score (nSPS) is 14.7. The average Bonchev–Trinajstić information content (AvgIpc) is 3.69. The zero-order valence-electron chi connectivity index (χ0n) is 38.5. The first kappa shape index (κ1) is 50.3. The second kappa shape index (κ2) is 25.7. The molecule has 2 aliphatic heterocycles. The lowest BCUT2D eigenvalue weighted by Crippen LogP contribution is -2.52. The highest BCUT2D eigenvalue weighted by atomic mass is 16.5. The number of likely N-dealkylation sites (N-methyl/N-ethyl adjacent to an activating group) is 1. The van der Waals surface area contributed by atoms with E-state index in [-0.39, 0.29) is 80.3 Å². The number of nitrogens with zero attached hydrogens (tertiary/aromatic N) is 4. The molecular formula is C49H60N10O9. The van der Waals surface area contributed by atoms with Crippen LogP contribution >= 0.6 is 0 Å². The molecule has 0 aliphatic carbocycles. The van der Waals surface area contributed by atoms with E-state index in [0.29, 0.717) is 73.4 Å². The number of carbonyl (C=O) groups excluding carboxylic acids is 5. The molecule has 68 heavy (non-hydrogen) atoms. The molecule has 2 aliphatic rings. The summed E-state index contributed by atoms with van der Waals surface area (Å²) in [6, 6.07) is 20.5. The maximum atomic E-state index is 13.1. The molecule has 19 heteroatoms. The Hall–Kier alpha value is -7.09. The number of fused-ring (bicyclic) bond motifs is 1. The molecule has 0 radical (unpaired) electrons. The van der Waals surface area contributed by atoms with E-state index < -0.39 is 11.9 Å². The van der Waals surface area contributed by atoms with Crippen molar-refractivity contribution in [1.29, 1.82) is 10.8 Å². The Morgan fingerprint density at radius 1 is 0.882 bits per heavy atom. The van der Waals surface area contributed by atoms with Crippen molar-refractivity contribution in [1.82, 2.24) is 30.4 Å². The number of piperidine rings is 1. The number of hydrogen-bond donors (Lipinski definition) is 6. The van der Waals surface area contributed by atoms with Gasteiger partial charge >= 0.3 is 0 Å². The first-order valence-electron chi connectivity index (χ1n) is 22.8. The maximum absolute atomic E-state index is 13.1. The Balaban J connectivity index is 0.743. The summed E-state index contributed by atoms with van der Waals surface area (Å²) in [6.45, 7) is 5.31. The topological polar surface area (TPSA) is 250 Å². The van der Waals surface area contributed by atoms with Crippen molar-refractivity contribution in [2.45, 2.75) is 70.5 Å². The van der Waals surface area contributed by atoms with E-state index in [1.165, 1.54) is 16.1 Å². The standard InChI is InChI=1S/C49H60N10O9/c1-33(55-47(62)35-9-7-10-36(29-35)53-30-43(50)58(2)46(51)41-19-21-52-32-54-41)34-13-15-37(16-14-34)68-23-6-4-3-5-22-65-25-27-67-28-26-66-24-20-45(61)56-40-12-8-11-38-39(40)31-59(49(38)64)42-17-18-44(60)57-48(42)63/h7-16,19,21,29,32-33,42,50-51,53H,3-6,17-18,20,22-28,30-31H2,1-2H3,(H,55,62)(H,56,61)(H,57,60,63)/t33-,42?/m1/s1. The van der Waals surface area contributed by atoms with Crippen molar-refractivity contribution < 1.29 is 42.9 Å². The molecule has 3 aromatic carbocycles. The fraction of sp³-hybridized carbons (Fsp3) is 0.408. The van der Waals surface area contributed by atoms with Crippen LogP contribution in [0.25, 0.3) is 0 Å². The average molecular weight is 933 g/mol. The summed E-state index contributed by atoms with van der Waals surface area (Å²) in [7, 11) is 1.63. The highest BCUT2D eigenvalue weighted by molar-refractivity contribution is 6.07. The van der Waals surface area contributed by atoms with Gasteiger partial charge in [-0.2, -0.15) is 0 Å². The van der Waals surface area contributed by atoms with Gasteiger partial charge in [0.2, 0.25) is 17.7 Å².